The topological polar surface area (TPSA) is 76.7 Å². The van der Waals surface area contributed by atoms with Crippen molar-refractivity contribution in [2.24, 2.45) is 0 Å². The minimum absolute atomic E-state index is 0.135. The number of ether oxygens (including phenoxy) is 1. The lowest BCUT2D eigenvalue weighted by Crippen LogP contribution is -2.27. The lowest BCUT2D eigenvalue weighted by Gasteiger charge is -2.27. The molecule has 6 heteroatoms. The average molecular weight is 525 g/mol. The van der Waals surface area contributed by atoms with E-state index < -0.39 is 10.9 Å². The number of methoxy groups -OCH3 is 1. The van der Waals surface area contributed by atoms with E-state index in [1.807, 2.05) is 6.07 Å². The second-order valence-corrected chi connectivity index (χ2v) is 11.2. The van der Waals surface area contributed by atoms with Crippen LogP contribution in [0.3, 0.4) is 0 Å². The molecule has 0 saturated carbocycles. The van der Waals surface area contributed by atoms with Crippen molar-refractivity contribution >= 4 is 28.7 Å². The number of carbonyl (C=O) groups is 1. The first kappa shape index (κ1) is 29.0. The van der Waals surface area contributed by atoms with Gasteiger partial charge in [0.15, 0.2) is 5.43 Å². The van der Waals surface area contributed by atoms with Crippen LogP contribution in [0.25, 0.3) is 11.0 Å². The number of hydrogen-bond acceptors (Lipinski definition) is 6. The quantitative estimate of drug-likeness (QED) is 0.0950. The molecule has 0 bridgehead atoms. The van der Waals surface area contributed by atoms with Crippen molar-refractivity contribution in [3.63, 3.8) is 0 Å². The fourth-order valence-electron chi connectivity index (χ4n) is 4.69. The highest BCUT2D eigenvalue weighted by Crippen LogP contribution is 2.38. The van der Waals surface area contributed by atoms with E-state index in [9.17, 15) is 14.7 Å². The van der Waals surface area contributed by atoms with Gasteiger partial charge < -0.3 is 14.3 Å². The fraction of sp³-hybridized carbons (Fsp3) is 0.484. The molecule has 0 spiro atoms. The Hall–Kier alpha value is -2.57. The Bertz CT molecular complexity index is 1220. The summed E-state index contributed by atoms with van der Waals surface area (Å²) < 4.78 is 10.3. The van der Waals surface area contributed by atoms with Gasteiger partial charge in [0.1, 0.15) is 10.5 Å². The standard InChI is InChI=1S/C31H40O5S/c1-4-6-7-8-9-10-11-13-23-14-12-15-24(19-23)22-31(34,18-5-2)37-25-16-17-26-27(32)21-29(30(33)35-3)36-28(26)20-25/h12,14-17,19-21,34H,4-11,13,18,22H2,1-3H3/t31-/m0/s1. The third kappa shape index (κ3) is 8.75. The molecule has 5 nitrogen and oxygen atoms in total. The number of fused-ring (bicyclic) bond motifs is 1. The molecule has 1 heterocycles. The zero-order valence-corrected chi connectivity index (χ0v) is 23.2. The third-order valence-corrected chi connectivity index (χ3v) is 7.79. The molecule has 37 heavy (non-hydrogen) atoms. The Labute approximate surface area is 224 Å². The van der Waals surface area contributed by atoms with Gasteiger partial charge in [-0.1, -0.05) is 94.8 Å². The van der Waals surface area contributed by atoms with Gasteiger partial charge in [-0.15, -0.1) is 0 Å². The Balaban J connectivity index is 1.70. The van der Waals surface area contributed by atoms with Crippen molar-refractivity contribution in [1.29, 1.82) is 0 Å². The lowest BCUT2D eigenvalue weighted by molar-refractivity contribution is 0.0565. The van der Waals surface area contributed by atoms with Crippen LogP contribution in [0, 0.1) is 0 Å². The Morgan fingerprint density at radius 3 is 2.41 bits per heavy atom. The molecule has 0 unspecified atom stereocenters. The summed E-state index contributed by atoms with van der Waals surface area (Å²) >= 11 is 1.37. The SMILES string of the molecule is CCCCCCCCCc1cccc(C[C@](O)(CCC)Sc2ccc3c(=O)cc(C(=O)OC)oc3c2)c1. The fourth-order valence-corrected chi connectivity index (χ4v) is 5.97. The van der Waals surface area contributed by atoms with Gasteiger partial charge in [0, 0.05) is 17.4 Å². The molecular formula is C31H40O5S. The van der Waals surface area contributed by atoms with E-state index in [-0.39, 0.29) is 11.2 Å². The van der Waals surface area contributed by atoms with E-state index in [0.717, 1.165) is 29.4 Å². The van der Waals surface area contributed by atoms with Crippen molar-refractivity contribution in [1.82, 2.24) is 0 Å². The highest BCUT2D eigenvalue weighted by molar-refractivity contribution is 8.00. The predicted molar refractivity (Wildman–Crippen MR) is 151 cm³/mol. The molecule has 0 fully saturated rings. The number of rotatable bonds is 15. The Morgan fingerprint density at radius 1 is 0.946 bits per heavy atom. The summed E-state index contributed by atoms with van der Waals surface area (Å²) in [5.41, 5.74) is 2.43. The summed E-state index contributed by atoms with van der Waals surface area (Å²) in [6.45, 7) is 4.31. The summed E-state index contributed by atoms with van der Waals surface area (Å²) in [5, 5.41) is 12.0. The van der Waals surface area contributed by atoms with Crippen LogP contribution in [-0.2, 0) is 17.6 Å². The maximum Gasteiger partial charge on any atom is 0.374 e. The van der Waals surface area contributed by atoms with Gasteiger partial charge in [-0.2, -0.15) is 0 Å². The number of aliphatic hydroxyl groups is 1. The number of thioether (sulfide) groups is 1. The van der Waals surface area contributed by atoms with Gasteiger partial charge >= 0.3 is 5.97 Å². The summed E-state index contributed by atoms with van der Waals surface area (Å²) in [6.07, 6.45) is 12.1. The molecule has 0 aliphatic heterocycles. The van der Waals surface area contributed by atoms with Crippen molar-refractivity contribution in [3.05, 3.63) is 75.6 Å². The first-order chi connectivity index (χ1) is 17.9. The van der Waals surface area contributed by atoms with Crippen LogP contribution in [0.5, 0.6) is 0 Å². The molecule has 0 aliphatic rings. The zero-order valence-electron chi connectivity index (χ0n) is 22.4. The van der Waals surface area contributed by atoms with Crippen LogP contribution in [0.15, 0.2) is 62.6 Å². The lowest BCUT2D eigenvalue weighted by atomic mass is 9.99. The van der Waals surface area contributed by atoms with Crippen LogP contribution in [0.4, 0.5) is 0 Å². The van der Waals surface area contributed by atoms with E-state index in [1.54, 1.807) is 12.1 Å². The summed E-state index contributed by atoms with van der Waals surface area (Å²) in [4.78, 5) is 24.1. The average Bonchev–Trinajstić information content (AvgIpc) is 2.87. The van der Waals surface area contributed by atoms with Crippen LogP contribution in [0.2, 0.25) is 0 Å². The largest absolute Gasteiger partial charge is 0.463 e. The van der Waals surface area contributed by atoms with Crippen molar-refractivity contribution in [3.8, 4) is 0 Å². The third-order valence-electron chi connectivity index (χ3n) is 6.58. The van der Waals surface area contributed by atoms with E-state index in [0.29, 0.717) is 23.8 Å². The summed E-state index contributed by atoms with van der Waals surface area (Å²) in [7, 11) is 1.24. The van der Waals surface area contributed by atoms with Crippen LogP contribution >= 0.6 is 11.8 Å². The zero-order chi connectivity index (χ0) is 26.7. The van der Waals surface area contributed by atoms with E-state index in [4.69, 9.17) is 9.15 Å². The van der Waals surface area contributed by atoms with Gasteiger partial charge in [-0.3, -0.25) is 4.79 Å². The Kier molecular flexibility index (Phi) is 11.3. The van der Waals surface area contributed by atoms with Crippen LogP contribution in [0.1, 0.15) is 93.3 Å². The van der Waals surface area contributed by atoms with Crippen LogP contribution in [-0.4, -0.2) is 23.1 Å². The molecular weight excluding hydrogens is 484 g/mol. The highest BCUT2D eigenvalue weighted by Gasteiger charge is 2.28. The molecule has 0 aliphatic carbocycles. The predicted octanol–water partition coefficient (Wildman–Crippen LogP) is 7.70. The first-order valence-electron chi connectivity index (χ1n) is 13.5. The first-order valence-corrected chi connectivity index (χ1v) is 14.3. The maximum absolute atomic E-state index is 12.4. The maximum atomic E-state index is 12.4. The molecule has 0 saturated heterocycles. The monoisotopic (exact) mass is 524 g/mol. The van der Waals surface area contributed by atoms with E-state index in [2.05, 4.69) is 38.1 Å². The minimum Gasteiger partial charge on any atom is -0.463 e. The molecule has 1 aromatic heterocycles. The number of carbonyl (C=O) groups excluding carboxylic acids is 1. The van der Waals surface area contributed by atoms with Gasteiger partial charge in [0.2, 0.25) is 5.76 Å². The second-order valence-electron chi connectivity index (χ2n) is 9.79. The molecule has 0 radical (unpaired) electrons. The number of unbranched alkanes of at least 4 members (excludes halogenated alkanes) is 6. The van der Waals surface area contributed by atoms with Gasteiger partial charge in [0.05, 0.1) is 12.5 Å². The van der Waals surface area contributed by atoms with Crippen molar-refractivity contribution < 1.29 is 19.1 Å². The van der Waals surface area contributed by atoms with Gasteiger partial charge in [-0.25, -0.2) is 4.79 Å². The second kappa shape index (κ2) is 14.4. The summed E-state index contributed by atoms with van der Waals surface area (Å²) in [5.74, 6) is -0.834. The van der Waals surface area contributed by atoms with Gasteiger partial charge in [0.25, 0.3) is 0 Å². The Morgan fingerprint density at radius 2 is 1.68 bits per heavy atom. The molecule has 200 valence electrons. The van der Waals surface area contributed by atoms with Gasteiger partial charge in [-0.05, 0) is 48.6 Å². The summed E-state index contributed by atoms with van der Waals surface area (Å²) in [6, 6.07) is 14.9. The van der Waals surface area contributed by atoms with E-state index >= 15 is 0 Å². The van der Waals surface area contributed by atoms with Crippen molar-refractivity contribution in [2.75, 3.05) is 7.11 Å². The molecule has 1 N–H and O–H groups in total. The highest BCUT2D eigenvalue weighted by atomic mass is 32.2. The smallest absolute Gasteiger partial charge is 0.374 e. The normalized spacial score (nSPS) is 13.0. The number of esters is 1. The van der Waals surface area contributed by atoms with Crippen molar-refractivity contribution in [2.45, 2.75) is 94.3 Å². The molecule has 1 atom stereocenters. The molecule has 3 rings (SSSR count). The molecule has 3 aromatic rings. The van der Waals surface area contributed by atoms with Crippen LogP contribution < -0.4 is 5.43 Å². The number of aryl methyl sites for hydroxylation is 1. The van der Waals surface area contributed by atoms with E-state index in [1.165, 1.54) is 69.4 Å². The molecule has 0 amide bonds. The molecule has 2 aromatic carbocycles. The number of benzene rings is 2. The number of hydrogen-bond donors (Lipinski definition) is 1. The minimum atomic E-state index is -1.01.